The molecule has 0 aliphatic carbocycles. The van der Waals surface area contributed by atoms with Crippen LogP contribution >= 0.6 is 0 Å². The summed E-state index contributed by atoms with van der Waals surface area (Å²) in [5.74, 6) is 1.35. The number of anilines is 1. The lowest BCUT2D eigenvalue weighted by Crippen LogP contribution is -2.10. The molecule has 0 unspecified atom stereocenters. The van der Waals surface area contributed by atoms with Crippen LogP contribution < -0.4 is 10.1 Å². The minimum absolute atomic E-state index is 0.262. The molecule has 0 aliphatic rings. The molecule has 0 atom stereocenters. The molecule has 0 fully saturated rings. The van der Waals surface area contributed by atoms with E-state index < -0.39 is 0 Å². The largest absolute Gasteiger partial charge is 0.486 e. The second-order valence-electron chi connectivity index (χ2n) is 5.19. The van der Waals surface area contributed by atoms with Crippen molar-refractivity contribution < 1.29 is 13.9 Å². The van der Waals surface area contributed by atoms with Gasteiger partial charge in [-0.25, -0.2) is 0 Å². The van der Waals surface area contributed by atoms with Crippen LogP contribution in [-0.2, 0) is 6.61 Å². The third-order valence-electron chi connectivity index (χ3n) is 3.29. The number of hydrogen-bond acceptors (Lipinski definition) is 3. The fourth-order valence-electron chi connectivity index (χ4n) is 2.16. The zero-order valence-electron chi connectivity index (χ0n) is 12.8. The second kappa shape index (κ2) is 6.83. The fourth-order valence-corrected chi connectivity index (χ4v) is 2.16. The molecule has 2 aromatic carbocycles. The van der Waals surface area contributed by atoms with E-state index in [-0.39, 0.29) is 18.3 Å². The Morgan fingerprint density at radius 1 is 1.04 bits per heavy atom. The summed E-state index contributed by atoms with van der Waals surface area (Å²) in [7, 11) is 0. The summed E-state index contributed by atoms with van der Waals surface area (Å²) in [6.07, 6.45) is 0. The van der Waals surface area contributed by atoms with E-state index in [1.54, 1.807) is 12.1 Å². The van der Waals surface area contributed by atoms with Crippen LogP contribution in [0.5, 0.6) is 5.75 Å². The van der Waals surface area contributed by atoms with Gasteiger partial charge in [-0.2, -0.15) is 0 Å². The van der Waals surface area contributed by atoms with Crippen molar-refractivity contribution in [3.8, 4) is 5.75 Å². The molecule has 1 amide bonds. The number of benzene rings is 2. The molecule has 1 N–H and O–H groups in total. The maximum atomic E-state index is 12.2. The van der Waals surface area contributed by atoms with Gasteiger partial charge >= 0.3 is 0 Å². The van der Waals surface area contributed by atoms with Crippen molar-refractivity contribution in [3.05, 3.63) is 83.8 Å². The summed E-state index contributed by atoms with van der Waals surface area (Å²) in [6, 6.07) is 20.5. The number of nitrogens with one attached hydrogen (secondary N) is 1. The van der Waals surface area contributed by atoms with Gasteiger partial charge in [0, 0.05) is 5.69 Å². The predicted molar refractivity (Wildman–Crippen MR) is 88.6 cm³/mol. The molecule has 4 nitrogen and oxygen atoms in total. The lowest BCUT2D eigenvalue weighted by atomic mass is 10.2. The highest BCUT2D eigenvalue weighted by molar-refractivity contribution is 6.02. The third kappa shape index (κ3) is 4.01. The molecule has 0 spiro atoms. The van der Waals surface area contributed by atoms with E-state index in [9.17, 15) is 4.79 Å². The van der Waals surface area contributed by atoms with Crippen LogP contribution in [0.3, 0.4) is 0 Å². The third-order valence-corrected chi connectivity index (χ3v) is 3.29. The molecule has 0 bridgehead atoms. The van der Waals surface area contributed by atoms with Crippen LogP contribution in [-0.4, -0.2) is 5.91 Å². The van der Waals surface area contributed by atoms with Gasteiger partial charge in [0.15, 0.2) is 5.76 Å². The Kier molecular flexibility index (Phi) is 4.43. The summed E-state index contributed by atoms with van der Waals surface area (Å²) >= 11 is 0. The first-order chi connectivity index (χ1) is 11.2. The second-order valence-corrected chi connectivity index (χ2v) is 5.19. The molecule has 23 heavy (non-hydrogen) atoms. The zero-order chi connectivity index (χ0) is 16.1. The maximum absolute atomic E-state index is 12.2. The number of ether oxygens (including phenoxy) is 1. The van der Waals surface area contributed by atoms with Gasteiger partial charge in [0.25, 0.3) is 5.91 Å². The van der Waals surface area contributed by atoms with Crippen LogP contribution in [0.4, 0.5) is 5.69 Å². The van der Waals surface area contributed by atoms with E-state index in [1.807, 2.05) is 61.5 Å². The van der Waals surface area contributed by atoms with E-state index in [4.69, 9.17) is 9.15 Å². The van der Waals surface area contributed by atoms with Gasteiger partial charge < -0.3 is 14.5 Å². The maximum Gasteiger partial charge on any atom is 0.291 e. The summed E-state index contributed by atoms with van der Waals surface area (Å²) < 4.78 is 11.1. The number of carbonyl (C=O) groups excluding carboxylic acids is 1. The minimum Gasteiger partial charge on any atom is -0.486 e. The Morgan fingerprint density at radius 3 is 2.65 bits per heavy atom. The number of para-hydroxylation sites is 1. The lowest BCUT2D eigenvalue weighted by molar-refractivity contribution is 0.0992. The zero-order valence-corrected chi connectivity index (χ0v) is 12.8. The molecule has 0 saturated carbocycles. The summed E-state index contributed by atoms with van der Waals surface area (Å²) in [6.45, 7) is 2.25. The highest BCUT2D eigenvalue weighted by atomic mass is 16.5. The molecule has 3 rings (SSSR count). The van der Waals surface area contributed by atoms with Gasteiger partial charge in [-0.05, 0) is 48.9 Å². The van der Waals surface area contributed by atoms with Crippen molar-refractivity contribution in [1.29, 1.82) is 0 Å². The van der Waals surface area contributed by atoms with Gasteiger partial charge in [-0.1, -0.05) is 30.3 Å². The molecule has 1 aromatic heterocycles. The molecule has 116 valence electrons. The summed E-state index contributed by atoms with van der Waals surface area (Å²) in [5.41, 5.74) is 1.83. The average Bonchev–Trinajstić information content (AvgIpc) is 3.03. The van der Waals surface area contributed by atoms with Crippen molar-refractivity contribution in [2.24, 2.45) is 0 Å². The number of rotatable bonds is 5. The SMILES string of the molecule is Cc1cccc(NC(=O)c2ccc(COc3ccccc3)o2)c1. The molecular weight excluding hydrogens is 290 g/mol. The quantitative estimate of drug-likeness (QED) is 0.759. The first-order valence-electron chi connectivity index (χ1n) is 7.35. The monoisotopic (exact) mass is 307 g/mol. The fraction of sp³-hybridized carbons (Fsp3) is 0.105. The van der Waals surface area contributed by atoms with Crippen LogP contribution in [0.2, 0.25) is 0 Å². The lowest BCUT2D eigenvalue weighted by Gasteiger charge is -2.04. The first-order valence-corrected chi connectivity index (χ1v) is 7.35. The number of carbonyl (C=O) groups is 1. The van der Waals surface area contributed by atoms with E-state index in [2.05, 4.69) is 5.32 Å². The Hall–Kier alpha value is -3.01. The number of furan rings is 1. The number of amides is 1. The number of aryl methyl sites for hydroxylation is 1. The van der Waals surface area contributed by atoms with Crippen LogP contribution in [0.25, 0.3) is 0 Å². The van der Waals surface area contributed by atoms with E-state index >= 15 is 0 Å². The molecule has 4 heteroatoms. The molecule has 0 aliphatic heterocycles. The predicted octanol–water partition coefficient (Wildman–Crippen LogP) is 4.42. The van der Waals surface area contributed by atoms with E-state index in [0.717, 1.165) is 17.0 Å². The Bertz CT molecular complexity index is 793. The number of hydrogen-bond donors (Lipinski definition) is 1. The molecule has 3 aromatic rings. The topological polar surface area (TPSA) is 51.5 Å². The van der Waals surface area contributed by atoms with Crippen LogP contribution in [0.15, 0.2) is 71.1 Å². The highest BCUT2D eigenvalue weighted by Gasteiger charge is 2.12. The van der Waals surface area contributed by atoms with Gasteiger partial charge in [0.1, 0.15) is 18.1 Å². The van der Waals surface area contributed by atoms with Crippen LogP contribution in [0.1, 0.15) is 21.9 Å². The van der Waals surface area contributed by atoms with Crippen molar-refractivity contribution in [3.63, 3.8) is 0 Å². The summed E-state index contributed by atoms with van der Waals surface area (Å²) in [5, 5.41) is 2.81. The Balaban J connectivity index is 1.61. The minimum atomic E-state index is -0.276. The van der Waals surface area contributed by atoms with Crippen molar-refractivity contribution in [2.75, 3.05) is 5.32 Å². The van der Waals surface area contributed by atoms with Gasteiger partial charge in [0.2, 0.25) is 0 Å². The van der Waals surface area contributed by atoms with Crippen molar-refractivity contribution in [2.45, 2.75) is 13.5 Å². The van der Waals surface area contributed by atoms with E-state index in [1.165, 1.54) is 0 Å². The van der Waals surface area contributed by atoms with Gasteiger partial charge in [0.05, 0.1) is 0 Å². The highest BCUT2D eigenvalue weighted by Crippen LogP contribution is 2.16. The Morgan fingerprint density at radius 2 is 1.87 bits per heavy atom. The molecule has 0 saturated heterocycles. The molecule has 0 radical (unpaired) electrons. The Labute approximate surface area is 134 Å². The average molecular weight is 307 g/mol. The van der Waals surface area contributed by atoms with E-state index in [0.29, 0.717) is 5.76 Å². The van der Waals surface area contributed by atoms with Crippen molar-refractivity contribution in [1.82, 2.24) is 0 Å². The van der Waals surface area contributed by atoms with Gasteiger partial charge in [-0.15, -0.1) is 0 Å². The van der Waals surface area contributed by atoms with Crippen LogP contribution in [0, 0.1) is 6.92 Å². The molecular formula is C19H17NO3. The standard InChI is InChI=1S/C19H17NO3/c1-14-6-5-7-15(12-14)20-19(21)18-11-10-17(23-18)13-22-16-8-3-2-4-9-16/h2-12H,13H2,1H3,(H,20,21). The molecule has 1 heterocycles. The first kappa shape index (κ1) is 14.9. The summed E-state index contributed by atoms with van der Waals surface area (Å²) in [4.78, 5) is 12.2. The van der Waals surface area contributed by atoms with Crippen molar-refractivity contribution >= 4 is 11.6 Å². The smallest absolute Gasteiger partial charge is 0.291 e. The van der Waals surface area contributed by atoms with Gasteiger partial charge in [-0.3, -0.25) is 4.79 Å². The normalized spacial score (nSPS) is 10.3.